The van der Waals surface area contributed by atoms with Gasteiger partial charge in [-0.2, -0.15) is 0 Å². The van der Waals surface area contributed by atoms with E-state index in [0.29, 0.717) is 28.7 Å². The maximum Gasteiger partial charge on any atom is 0.251 e. The number of rotatable bonds is 6. The highest BCUT2D eigenvalue weighted by Crippen LogP contribution is 2.22. The Morgan fingerprint density at radius 2 is 1.90 bits per heavy atom. The second kappa shape index (κ2) is 9.61. The highest BCUT2D eigenvalue weighted by Gasteiger charge is 2.26. The summed E-state index contributed by atoms with van der Waals surface area (Å²) in [6, 6.07) is 11.3. The van der Waals surface area contributed by atoms with E-state index in [9.17, 15) is 9.59 Å². The average Bonchev–Trinajstić information content (AvgIpc) is 3.16. The lowest BCUT2D eigenvalue weighted by atomic mass is 10.1. The van der Waals surface area contributed by atoms with Crippen molar-refractivity contribution in [3.8, 4) is 0 Å². The van der Waals surface area contributed by atoms with Gasteiger partial charge in [0, 0.05) is 31.2 Å². The molecule has 29 heavy (non-hydrogen) atoms. The number of halogens is 2. The van der Waals surface area contributed by atoms with Gasteiger partial charge in [-0.05, 0) is 49.6 Å². The number of carbonyl (C=O) groups excluding carboxylic acids is 2. The number of amides is 2. The van der Waals surface area contributed by atoms with Crippen LogP contribution in [0.15, 0.2) is 36.4 Å². The Kier molecular flexibility index (Phi) is 7.17. The molecule has 0 radical (unpaired) electrons. The highest BCUT2D eigenvalue weighted by molar-refractivity contribution is 6.42. The van der Waals surface area contributed by atoms with Crippen molar-refractivity contribution in [2.24, 2.45) is 0 Å². The molecule has 0 spiro atoms. The lowest BCUT2D eigenvalue weighted by molar-refractivity contribution is -0.129. The van der Waals surface area contributed by atoms with Crippen LogP contribution >= 0.6 is 23.2 Å². The normalized spacial score (nSPS) is 16.1. The van der Waals surface area contributed by atoms with Crippen LogP contribution in [0.25, 0.3) is 0 Å². The Hall–Kier alpha value is -2.08. The predicted octanol–water partition coefficient (Wildman–Crippen LogP) is 3.73. The molecule has 7 heteroatoms. The summed E-state index contributed by atoms with van der Waals surface area (Å²) in [5, 5.41) is 6.89. The standard InChI is InChI=1S/C22H25Cl2N3O2/c1-14-3-4-17(15(2)9-14)11-25-18-7-8-27(13-18)21(28)12-26-22(29)16-5-6-19(23)20(24)10-16/h3-6,9-10,18,25H,7-8,11-13H2,1-2H3,(H,26,29). The first-order chi connectivity index (χ1) is 13.8. The number of hydrogen-bond donors (Lipinski definition) is 2. The summed E-state index contributed by atoms with van der Waals surface area (Å²) in [6.45, 7) is 6.28. The fourth-order valence-electron chi connectivity index (χ4n) is 3.46. The second-order valence-corrected chi connectivity index (χ2v) is 8.26. The first-order valence-electron chi connectivity index (χ1n) is 9.64. The van der Waals surface area contributed by atoms with Crippen LogP contribution < -0.4 is 10.6 Å². The maximum atomic E-state index is 12.4. The number of nitrogens with zero attached hydrogens (tertiary/aromatic N) is 1. The van der Waals surface area contributed by atoms with Crippen LogP contribution in [-0.2, 0) is 11.3 Å². The van der Waals surface area contributed by atoms with E-state index in [1.54, 1.807) is 17.0 Å². The summed E-state index contributed by atoms with van der Waals surface area (Å²) >= 11 is 11.8. The van der Waals surface area contributed by atoms with Crippen LogP contribution in [0.1, 0.15) is 33.5 Å². The minimum Gasteiger partial charge on any atom is -0.343 e. The molecule has 2 aromatic rings. The van der Waals surface area contributed by atoms with E-state index in [1.807, 2.05) is 0 Å². The predicted molar refractivity (Wildman–Crippen MR) is 117 cm³/mol. The van der Waals surface area contributed by atoms with Gasteiger partial charge in [-0.15, -0.1) is 0 Å². The fraction of sp³-hybridized carbons (Fsp3) is 0.364. The number of aryl methyl sites for hydroxylation is 2. The number of benzene rings is 2. The number of hydrogen-bond acceptors (Lipinski definition) is 3. The quantitative estimate of drug-likeness (QED) is 0.729. The van der Waals surface area contributed by atoms with Gasteiger partial charge in [-0.1, -0.05) is 47.0 Å². The van der Waals surface area contributed by atoms with Gasteiger partial charge in [0.25, 0.3) is 5.91 Å². The van der Waals surface area contributed by atoms with Gasteiger partial charge in [0.15, 0.2) is 0 Å². The van der Waals surface area contributed by atoms with Gasteiger partial charge in [0.2, 0.25) is 5.91 Å². The molecule has 2 aromatic carbocycles. The van der Waals surface area contributed by atoms with Gasteiger partial charge in [0.05, 0.1) is 16.6 Å². The van der Waals surface area contributed by atoms with Crippen molar-refractivity contribution in [2.75, 3.05) is 19.6 Å². The molecule has 0 bridgehead atoms. The molecular formula is C22H25Cl2N3O2. The summed E-state index contributed by atoms with van der Waals surface area (Å²) in [5.74, 6) is -0.435. The van der Waals surface area contributed by atoms with Gasteiger partial charge in [-0.25, -0.2) is 0 Å². The third-order valence-corrected chi connectivity index (χ3v) is 5.94. The molecule has 5 nitrogen and oxygen atoms in total. The van der Waals surface area contributed by atoms with E-state index < -0.39 is 0 Å². The van der Waals surface area contributed by atoms with Crippen molar-refractivity contribution in [1.29, 1.82) is 0 Å². The molecule has 2 amide bonds. The zero-order chi connectivity index (χ0) is 21.0. The minimum absolute atomic E-state index is 0.0388. The van der Waals surface area contributed by atoms with Crippen molar-refractivity contribution in [3.63, 3.8) is 0 Å². The molecular weight excluding hydrogens is 409 g/mol. The Morgan fingerprint density at radius 3 is 2.62 bits per heavy atom. The summed E-state index contributed by atoms with van der Waals surface area (Å²) in [7, 11) is 0. The average molecular weight is 434 g/mol. The zero-order valence-electron chi connectivity index (χ0n) is 16.6. The summed E-state index contributed by atoms with van der Waals surface area (Å²) in [5.41, 5.74) is 4.18. The van der Waals surface area contributed by atoms with Gasteiger partial charge >= 0.3 is 0 Å². The molecule has 0 aromatic heterocycles. The van der Waals surface area contributed by atoms with E-state index in [-0.39, 0.29) is 24.4 Å². The largest absolute Gasteiger partial charge is 0.343 e. The van der Waals surface area contributed by atoms with E-state index in [4.69, 9.17) is 23.2 Å². The third kappa shape index (κ3) is 5.72. The molecule has 1 aliphatic rings. The topological polar surface area (TPSA) is 61.4 Å². The van der Waals surface area contributed by atoms with Crippen molar-refractivity contribution >= 4 is 35.0 Å². The molecule has 1 heterocycles. The number of carbonyl (C=O) groups is 2. The molecule has 1 fully saturated rings. The van der Waals surface area contributed by atoms with Crippen LogP contribution in [0.4, 0.5) is 0 Å². The molecule has 0 saturated carbocycles. The van der Waals surface area contributed by atoms with E-state index in [1.165, 1.54) is 22.8 Å². The lowest BCUT2D eigenvalue weighted by Crippen LogP contribution is -2.40. The SMILES string of the molecule is Cc1ccc(CNC2CCN(C(=O)CNC(=O)c3ccc(Cl)c(Cl)c3)C2)c(C)c1. The Morgan fingerprint density at radius 1 is 1.10 bits per heavy atom. The van der Waals surface area contributed by atoms with E-state index >= 15 is 0 Å². The highest BCUT2D eigenvalue weighted by atomic mass is 35.5. The van der Waals surface area contributed by atoms with Crippen LogP contribution in [0.5, 0.6) is 0 Å². The van der Waals surface area contributed by atoms with Crippen molar-refractivity contribution in [3.05, 3.63) is 68.7 Å². The molecule has 154 valence electrons. The number of likely N-dealkylation sites (tertiary alicyclic amines) is 1. The molecule has 1 saturated heterocycles. The van der Waals surface area contributed by atoms with Crippen LogP contribution in [-0.4, -0.2) is 42.4 Å². The molecule has 2 N–H and O–H groups in total. The second-order valence-electron chi connectivity index (χ2n) is 7.45. The lowest BCUT2D eigenvalue weighted by Gasteiger charge is -2.18. The third-order valence-electron chi connectivity index (χ3n) is 5.20. The Labute approximate surface area is 181 Å². The van der Waals surface area contributed by atoms with E-state index in [2.05, 4.69) is 42.7 Å². The Bertz CT molecular complexity index is 917. The fourth-order valence-corrected chi connectivity index (χ4v) is 3.76. The maximum absolute atomic E-state index is 12.4. The monoisotopic (exact) mass is 433 g/mol. The summed E-state index contributed by atoms with van der Waals surface area (Å²) in [4.78, 5) is 26.4. The van der Waals surface area contributed by atoms with Gasteiger partial charge in [0.1, 0.15) is 0 Å². The summed E-state index contributed by atoms with van der Waals surface area (Å²) in [6.07, 6.45) is 0.900. The smallest absolute Gasteiger partial charge is 0.251 e. The van der Waals surface area contributed by atoms with Crippen molar-refractivity contribution < 1.29 is 9.59 Å². The molecule has 0 aliphatic carbocycles. The first-order valence-corrected chi connectivity index (χ1v) is 10.4. The van der Waals surface area contributed by atoms with Crippen LogP contribution in [0, 0.1) is 13.8 Å². The molecule has 1 atom stereocenters. The summed E-state index contributed by atoms with van der Waals surface area (Å²) < 4.78 is 0. The van der Waals surface area contributed by atoms with Gasteiger partial charge < -0.3 is 15.5 Å². The molecule has 3 rings (SSSR count). The minimum atomic E-state index is -0.347. The first kappa shape index (κ1) is 21.6. The zero-order valence-corrected chi connectivity index (χ0v) is 18.1. The Balaban J connectivity index is 1.45. The van der Waals surface area contributed by atoms with Crippen molar-refractivity contribution in [1.82, 2.24) is 15.5 Å². The van der Waals surface area contributed by atoms with Gasteiger partial charge in [-0.3, -0.25) is 9.59 Å². The van der Waals surface area contributed by atoms with Crippen LogP contribution in [0.3, 0.4) is 0 Å². The molecule has 1 unspecified atom stereocenters. The van der Waals surface area contributed by atoms with Crippen molar-refractivity contribution in [2.45, 2.75) is 32.9 Å². The van der Waals surface area contributed by atoms with Crippen LogP contribution in [0.2, 0.25) is 10.0 Å². The molecule has 1 aliphatic heterocycles. The number of nitrogens with one attached hydrogen (secondary N) is 2. The van der Waals surface area contributed by atoms with E-state index in [0.717, 1.165) is 13.0 Å².